The SMILES string of the molecule is COc1ccc(-c2cnnc(NN=Cc3ccc(C(=O)O)cc3)n2)cc1. The second kappa shape index (κ2) is 7.84. The van der Waals surface area contributed by atoms with E-state index in [1.165, 1.54) is 18.3 Å². The van der Waals surface area contributed by atoms with Crippen molar-refractivity contribution in [2.45, 2.75) is 0 Å². The van der Waals surface area contributed by atoms with Crippen LogP contribution in [0.1, 0.15) is 15.9 Å². The van der Waals surface area contributed by atoms with Gasteiger partial charge in [0, 0.05) is 5.56 Å². The van der Waals surface area contributed by atoms with Crippen molar-refractivity contribution >= 4 is 18.1 Å². The van der Waals surface area contributed by atoms with E-state index in [1.807, 2.05) is 24.3 Å². The number of carboxylic acid groups (broad SMARTS) is 1. The van der Waals surface area contributed by atoms with Gasteiger partial charge in [0.15, 0.2) is 0 Å². The van der Waals surface area contributed by atoms with Gasteiger partial charge in [0.05, 0.1) is 30.8 Å². The van der Waals surface area contributed by atoms with Gasteiger partial charge in [-0.25, -0.2) is 15.2 Å². The van der Waals surface area contributed by atoms with E-state index in [1.54, 1.807) is 25.4 Å². The van der Waals surface area contributed by atoms with Crippen LogP contribution in [0.25, 0.3) is 11.3 Å². The largest absolute Gasteiger partial charge is 0.497 e. The van der Waals surface area contributed by atoms with Gasteiger partial charge >= 0.3 is 5.97 Å². The molecule has 2 N–H and O–H groups in total. The van der Waals surface area contributed by atoms with Gasteiger partial charge < -0.3 is 9.84 Å². The Labute approximate surface area is 149 Å². The highest BCUT2D eigenvalue weighted by Crippen LogP contribution is 2.20. The predicted octanol–water partition coefficient (Wildman–Crippen LogP) is 2.69. The number of methoxy groups -OCH3 is 1. The molecule has 0 atom stereocenters. The molecule has 130 valence electrons. The smallest absolute Gasteiger partial charge is 0.335 e. The third kappa shape index (κ3) is 4.18. The molecule has 0 fully saturated rings. The Kier molecular flexibility index (Phi) is 5.14. The lowest BCUT2D eigenvalue weighted by atomic mass is 10.1. The number of anilines is 1. The van der Waals surface area contributed by atoms with E-state index in [9.17, 15) is 4.79 Å². The molecule has 3 aromatic rings. The average Bonchev–Trinajstić information content (AvgIpc) is 2.69. The standard InChI is InChI=1S/C18H15N5O3/c1-26-15-8-6-13(7-9-15)16-11-20-23-18(21-16)22-19-10-12-2-4-14(5-3-12)17(24)25/h2-11H,1H3,(H,24,25)(H,21,22,23). The zero-order chi connectivity index (χ0) is 18.4. The molecule has 0 aliphatic carbocycles. The van der Waals surface area contributed by atoms with Crippen LogP contribution in [-0.4, -0.2) is 39.6 Å². The van der Waals surface area contributed by atoms with Gasteiger partial charge in [0.25, 0.3) is 5.95 Å². The number of aromatic nitrogens is 3. The highest BCUT2D eigenvalue weighted by Gasteiger charge is 2.04. The maximum atomic E-state index is 10.8. The van der Waals surface area contributed by atoms with Crippen LogP contribution in [-0.2, 0) is 0 Å². The molecule has 0 amide bonds. The summed E-state index contributed by atoms with van der Waals surface area (Å²) in [5, 5.41) is 20.7. The molecule has 8 heteroatoms. The zero-order valence-corrected chi connectivity index (χ0v) is 13.8. The Morgan fingerprint density at radius 2 is 1.88 bits per heavy atom. The van der Waals surface area contributed by atoms with E-state index in [0.717, 1.165) is 16.9 Å². The highest BCUT2D eigenvalue weighted by atomic mass is 16.5. The summed E-state index contributed by atoms with van der Waals surface area (Å²) in [6.45, 7) is 0. The Morgan fingerprint density at radius 1 is 1.15 bits per heavy atom. The number of rotatable bonds is 6. The summed E-state index contributed by atoms with van der Waals surface area (Å²) in [4.78, 5) is 15.2. The van der Waals surface area contributed by atoms with Crippen LogP contribution in [0.2, 0.25) is 0 Å². The Balaban J connectivity index is 1.69. The fourth-order valence-corrected chi connectivity index (χ4v) is 2.13. The summed E-state index contributed by atoms with van der Waals surface area (Å²) in [5.41, 5.74) is 5.18. The van der Waals surface area contributed by atoms with Crippen molar-refractivity contribution in [1.29, 1.82) is 0 Å². The summed E-state index contributed by atoms with van der Waals surface area (Å²) in [6, 6.07) is 13.7. The Bertz CT molecular complexity index is 924. The van der Waals surface area contributed by atoms with E-state index >= 15 is 0 Å². The van der Waals surface area contributed by atoms with Gasteiger partial charge in [-0.05, 0) is 42.0 Å². The first-order chi connectivity index (χ1) is 12.7. The van der Waals surface area contributed by atoms with Gasteiger partial charge in [0.2, 0.25) is 0 Å². The Morgan fingerprint density at radius 3 is 2.54 bits per heavy atom. The first kappa shape index (κ1) is 17.0. The number of hydrogen-bond donors (Lipinski definition) is 2. The molecule has 0 aliphatic rings. The number of nitrogens with one attached hydrogen (secondary N) is 1. The van der Waals surface area contributed by atoms with Crippen LogP contribution in [0.5, 0.6) is 5.75 Å². The molecule has 8 nitrogen and oxygen atoms in total. The molecular formula is C18H15N5O3. The predicted molar refractivity (Wildman–Crippen MR) is 96.4 cm³/mol. The van der Waals surface area contributed by atoms with Gasteiger partial charge in [-0.15, -0.1) is 5.10 Å². The van der Waals surface area contributed by atoms with E-state index in [-0.39, 0.29) is 11.5 Å². The monoisotopic (exact) mass is 349 g/mol. The molecule has 0 saturated heterocycles. The molecule has 0 spiro atoms. The molecule has 0 aliphatic heterocycles. The number of ether oxygens (including phenoxy) is 1. The normalized spacial score (nSPS) is 10.7. The van der Waals surface area contributed by atoms with E-state index in [0.29, 0.717) is 5.69 Å². The fraction of sp³-hybridized carbons (Fsp3) is 0.0556. The summed E-state index contributed by atoms with van der Waals surface area (Å²) >= 11 is 0. The molecule has 0 saturated carbocycles. The van der Waals surface area contributed by atoms with Crippen molar-refractivity contribution in [2.24, 2.45) is 5.10 Å². The van der Waals surface area contributed by atoms with Gasteiger partial charge in [-0.3, -0.25) is 0 Å². The van der Waals surface area contributed by atoms with Gasteiger partial charge in [-0.2, -0.15) is 10.2 Å². The van der Waals surface area contributed by atoms with Crippen LogP contribution < -0.4 is 10.2 Å². The van der Waals surface area contributed by atoms with E-state index < -0.39 is 5.97 Å². The van der Waals surface area contributed by atoms with Gasteiger partial charge in [0.1, 0.15) is 5.75 Å². The minimum absolute atomic E-state index is 0.217. The number of nitrogens with zero attached hydrogens (tertiary/aromatic N) is 4. The lowest BCUT2D eigenvalue weighted by Gasteiger charge is -2.04. The van der Waals surface area contributed by atoms with Crippen LogP contribution in [0.4, 0.5) is 5.95 Å². The van der Waals surface area contributed by atoms with Crippen LogP contribution in [0.15, 0.2) is 59.8 Å². The first-order valence-electron chi connectivity index (χ1n) is 7.62. The summed E-state index contributed by atoms with van der Waals surface area (Å²) in [7, 11) is 1.61. The lowest BCUT2D eigenvalue weighted by Crippen LogP contribution is -2.00. The molecule has 2 aromatic carbocycles. The summed E-state index contributed by atoms with van der Waals surface area (Å²) in [5.74, 6) is 0.0331. The summed E-state index contributed by atoms with van der Waals surface area (Å²) < 4.78 is 5.13. The van der Waals surface area contributed by atoms with Crippen LogP contribution in [0.3, 0.4) is 0 Å². The molecule has 0 radical (unpaired) electrons. The van der Waals surface area contributed by atoms with Crippen molar-refractivity contribution in [3.05, 3.63) is 65.9 Å². The third-order valence-electron chi connectivity index (χ3n) is 3.48. The average molecular weight is 349 g/mol. The maximum Gasteiger partial charge on any atom is 0.335 e. The number of benzene rings is 2. The number of carbonyl (C=O) groups is 1. The second-order valence-electron chi connectivity index (χ2n) is 5.19. The molecule has 3 rings (SSSR count). The maximum absolute atomic E-state index is 10.8. The molecule has 1 aromatic heterocycles. The molecule has 26 heavy (non-hydrogen) atoms. The number of hydrazone groups is 1. The van der Waals surface area contributed by atoms with E-state index in [4.69, 9.17) is 9.84 Å². The first-order valence-corrected chi connectivity index (χ1v) is 7.62. The number of hydrogen-bond acceptors (Lipinski definition) is 7. The zero-order valence-electron chi connectivity index (χ0n) is 13.8. The highest BCUT2D eigenvalue weighted by molar-refractivity contribution is 5.89. The fourth-order valence-electron chi connectivity index (χ4n) is 2.13. The van der Waals surface area contributed by atoms with Gasteiger partial charge in [-0.1, -0.05) is 12.1 Å². The van der Waals surface area contributed by atoms with Crippen LogP contribution >= 0.6 is 0 Å². The topological polar surface area (TPSA) is 110 Å². The lowest BCUT2D eigenvalue weighted by molar-refractivity contribution is 0.0697. The minimum Gasteiger partial charge on any atom is -0.497 e. The quantitative estimate of drug-likeness (QED) is 0.520. The summed E-state index contributed by atoms with van der Waals surface area (Å²) in [6.07, 6.45) is 3.09. The van der Waals surface area contributed by atoms with E-state index in [2.05, 4.69) is 25.7 Å². The van der Waals surface area contributed by atoms with Crippen molar-refractivity contribution < 1.29 is 14.6 Å². The Hall–Kier alpha value is -3.81. The molecule has 0 bridgehead atoms. The van der Waals surface area contributed by atoms with Crippen molar-refractivity contribution in [3.63, 3.8) is 0 Å². The second-order valence-corrected chi connectivity index (χ2v) is 5.19. The van der Waals surface area contributed by atoms with Crippen molar-refractivity contribution in [2.75, 3.05) is 12.5 Å². The van der Waals surface area contributed by atoms with Crippen LogP contribution in [0, 0.1) is 0 Å². The third-order valence-corrected chi connectivity index (χ3v) is 3.48. The molecule has 0 unspecified atom stereocenters. The number of aromatic carboxylic acids is 1. The number of carboxylic acids is 1. The van der Waals surface area contributed by atoms with Crippen molar-refractivity contribution in [1.82, 2.24) is 15.2 Å². The van der Waals surface area contributed by atoms with Crippen molar-refractivity contribution in [3.8, 4) is 17.0 Å². The molecular weight excluding hydrogens is 334 g/mol. The minimum atomic E-state index is -0.971. The molecule has 1 heterocycles.